The number of esters is 1. The Hall–Kier alpha value is -3.97. The molecular weight excluding hydrogens is 610 g/mol. The number of aromatic nitrogens is 4. The zero-order chi connectivity index (χ0) is 29.3. The molecule has 1 aliphatic heterocycles. The molecule has 1 saturated heterocycles. The van der Waals surface area contributed by atoms with Gasteiger partial charge in [0.25, 0.3) is 5.56 Å². The van der Waals surface area contributed by atoms with Crippen molar-refractivity contribution in [2.45, 2.75) is 13.0 Å². The fourth-order valence-electron chi connectivity index (χ4n) is 4.86. The molecule has 0 amide bonds. The van der Waals surface area contributed by atoms with Gasteiger partial charge in [0, 0.05) is 50.4 Å². The molecule has 0 saturated carbocycles. The number of fused-ring (bicyclic) bond motifs is 1. The van der Waals surface area contributed by atoms with Crippen LogP contribution >= 0.6 is 28.1 Å². The fourth-order valence-corrected chi connectivity index (χ4v) is 5.42. The van der Waals surface area contributed by atoms with Gasteiger partial charge in [-0.3, -0.25) is 23.3 Å². The van der Waals surface area contributed by atoms with E-state index in [2.05, 4.69) is 31.0 Å². The largest absolute Gasteiger partial charge is 0.469 e. The first kappa shape index (κ1) is 28.6. The Bertz CT molecular complexity index is 1720. The zero-order valence-corrected chi connectivity index (χ0v) is 25.4. The average molecular weight is 641 g/mol. The standard InChI is InChI=1S/C28H30BrN7O4S/c1-32-24-23(25(38)33(2)28(32)39)36(17-19-4-8-20(29)9-5-19)26(31-24)34-12-14-35(15-13-34)27(41)30-21-10-6-18(7-11-21)16-22(37)40-3/h4-11H,12-17H2,1-3H3,(H,30,41). The lowest BCUT2D eigenvalue weighted by atomic mass is 10.1. The van der Waals surface area contributed by atoms with E-state index < -0.39 is 5.69 Å². The number of anilines is 2. The third-order valence-electron chi connectivity index (χ3n) is 7.21. The SMILES string of the molecule is COC(=O)Cc1ccc(NC(=S)N2CCN(c3nc4c(c(=O)n(C)c(=O)n4C)n3Cc3ccc(Br)cc3)CC2)cc1. The Morgan fingerprint density at radius 3 is 2.24 bits per heavy atom. The molecule has 0 atom stereocenters. The maximum Gasteiger partial charge on any atom is 0.332 e. The van der Waals surface area contributed by atoms with Crippen LogP contribution in [0.15, 0.2) is 62.6 Å². The Balaban J connectivity index is 1.35. The molecule has 5 rings (SSSR count). The number of hydrogen-bond donors (Lipinski definition) is 1. The molecule has 4 aromatic rings. The van der Waals surface area contributed by atoms with Crippen LogP contribution in [0.5, 0.6) is 0 Å². The van der Waals surface area contributed by atoms with Gasteiger partial charge in [0.1, 0.15) is 0 Å². The lowest BCUT2D eigenvalue weighted by molar-refractivity contribution is -0.139. The summed E-state index contributed by atoms with van der Waals surface area (Å²) in [6, 6.07) is 15.4. The molecule has 3 heterocycles. The number of hydrogen-bond acceptors (Lipinski definition) is 7. The van der Waals surface area contributed by atoms with Crippen LogP contribution < -0.4 is 21.5 Å². The summed E-state index contributed by atoms with van der Waals surface area (Å²) in [6.07, 6.45) is 0.218. The third-order valence-corrected chi connectivity index (χ3v) is 8.10. The van der Waals surface area contributed by atoms with Crippen molar-refractivity contribution in [2.75, 3.05) is 43.5 Å². The van der Waals surface area contributed by atoms with E-state index in [4.69, 9.17) is 21.9 Å². The quantitative estimate of drug-likeness (QED) is 0.252. The summed E-state index contributed by atoms with van der Waals surface area (Å²) in [5.74, 6) is 0.355. The van der Waals surface area contributed by atoms with Crippen molar-refractivity contribution in [3.8, 4) is 0 Å². The van der Waals surface area contributed by atoms with Crippen molar-refractivity contribution in [3.63, 3.8) is 0 Å². The number of carbonyl (C=O) groups excluding carboxylic acids is 1. The van der Waals surface area contributed by atoms with Gasteiger partial charge in [-0.2, -0.15) is 4.98 Å². The number of aryl methyl sites for hydroxylation is 1. The van der Waals surface area contributed by atoms with Crippen molar-refractivity contribution in [1.29, 1.82) is 0 Å². The molecule has 214 valence electrons. The number of rotatable bonds is 6. The molecule has 0 spiro atoms. The summed E-state index contributed by atoms with van der Waals surface area (Å²) >= 11 is 9.16. The first-order valence-electron chi connectivity index (χ1n) is 13.0. The minimum absolute atomic E-state index is 0.218. The van der Waals surface area contributed by atoms with Crippen LogP contribution in [-0.4, -0.2) is 68.0 Å². The van der Waals surface area contributed by atoms with Crippen LogP contribution in [0.3, 0.4) is 0 Å². The molecule has 0 aliphatic carbocycles. The van der Waals surface area contributed by atoms with E-state index in [1.165, 1.54) is 18.7 Å². The summed E-state index contributed by atoms with van der Waals surface area (Å²) in [6.45, 7) is 2.96. The number of halogens is 1. The maximum atomic E-state index is 13.3. The molecular formula is C28H30BrN7O4S. The van der Waals surface area contributed by atoms with E-state index in [1.807, 2.05) is 53.1 Å². The number of thiocarbonyl (C=S) groups is 1. The highest BCUT2D eigenvalue weighted by Crippen LogP contribution is 2.24. The predicted molar refractivity (Wildman–Crippen MR) is 166 cm³/mol. The topological polar surface area (TPSA) is 107 Å². The molecule has 41 heavy (non-hydrogen) atoms. The van der Waals surface area contributed by atoms with E-state index in [0.29, 0.717) is 54.9 Å². The number of carbonyl (C=O) groups is 1. The van der Waals surface area contributed by atoms with Gasteiger partial charge in [-0.25, -0.2) is 4.79 Å². The van der Waals surface area contributed by atoms with Gasteiger partial charge >= 0.3 is 11.7 Å². The normalized spacial score (nSPS) is 13.5. The number of nitrogens with zero attached hydrogens (tertiary/aromatic N) is 6. The van der Waals surface area contributed by atoms with E-state index in [1.54, 1.807) is 7.05 Å². The molecule has 0 radical (unpaired) electrons. The smallest absolute Gasteiger partial charge is 0.332 e. The first-order chi connectivity index (χ1) is 19.7. The number of nitrogens with one attached hydrogen (secondary N) is 1. The predicted octanol–water partition coefficient (Wildman–Crippen LogP) is 2.48. The van der Waals surface area contributed by atoms with E-state index in [9.17, 15) is 14.4 Å². The van der Waals surface area contributed by atoms with Crippen LogP contribution in [0, 0.1) is 0 Å². The van der Waals surface area contributed by atoms with E-state index in [-0.39, 0.29) is 17.9 Å². The number of methoxy groups -OCH3 is 1. The van der Waals surface area contributed by atoms with Crippen molar-refractivity contribution < 1.29 is 9.53 Å². The molecule has 0 bridgehead atoms. The summed E-state index contributed by atoms with van der Waals surface area (Å²) in [5.41, 5.74) is 2.66. The van der Waals surface area contributed by atoms with Gasteiger partial charge < -0.3 is 19.9 Å². The Morgan fingerprint density at radius 1 is 0.976 bits per heavy atom. The van der Waals surface area contributed by atoms with Crippen molar-refractivity contribution >= 4 is 62.0 Å². The van der Waals surface area contributed by atoms with Crippen molar-refractivity contribution in [2.24, 2.45) is 14.1 Å². The van der Waals surface area contributed by atoms with Gasteiger partial charge in [0.05, 0.1) is 20.1 Å². The number of benzene rings is 2. The Morgan fingerprint density at radius 2 is 1.61 bits per heavy atom. The van der Waals surface area contributed by atoms with Gasteiger partial charge in [-0.1, -0.05) is 40.2 Å². The van der Waals surface area contributed by atoms with Gasteiger partial charge in [0.15, 0.2) is 16.3 Å². The summed E-state index contributed by atoms with van der Waals surface area (Å²) in [4.78, 5) is 46.5. The fraction of sp³-hybridized carbons (Fsp3) is 0.321. The van der Waals surface area contributed by atoms with Crippen LogP contribution in [0.4, 0.5) is 11.6 Å². The van der Waals surface area contributed by atoms with Crippen molar-refractivity contribution in [3.05, 3.63) is 85.0 Å². The first-order valence-corrected chi connectivity index (χ1v) is 14.2. The Kier molecular flexibility index (Phi) is 8.27. The second-order valence-corrected chi connectivity index (χ2v) is 11.2. The highest BCUT2D eigenvalue weighted by atomic mass is 79.9. The molecule has 1 fully saturated rings. The lowest BCUT2D eigenvalue weighted by Crippen LogP contribution is -2.50. The van der Waals surface area contributed by atoms with Crippen LogP contribution in [0.25, 0.3) is 11.2 Å². The molecule has 11 nitrogen and oxygen atoms in total. The molecule has 2 aromatic carbocycles. The van der Waals surface area contributed by atoms with Gasteiger partial charge in [-0.05, 0) is 47.6 Å². The molecule has 0 unspecified atom stereocenters. The van der Waals surface area contributed by atoms with Gasteiger partial charge in [-0.15, -0.1) is 0 Å². The molecule has 13 heteroatoms. The highest BCUT2D eigenvalue weighted by molar-refractivity contribution is 9.10. The third kappa shape index (κ3) is 5.91. The monoisotopic (exact) mass is 639 g/mol. The molecule has 2 aromatic heterocycles. The van der Waals surface area contributed by atoms with Crippen molar-refractivity contribution in [1.82, 2.24) is 23.6 Å². The zero-order valence-electron chi connectivity index (χ0n) is 23.0. The number of piperazine rings is 1. The molecule has 1 aliphatic rings. The Labute approximate surface area is 250 Å². The second kappa shape index (κ2) is 11.9. The van der Waals surface area contributed by atoms with E-state index >= 15 is 0 Å². The van der Waals surface area contributed by atoms with Crippen LogP contribution in [0.1, 0.15) is 11.1 Å². The number of ether oxygens (including phenoxy) is 1. The second-order valence-electron chi connectivity index (χ2n) is 9.86. The highest BCUT2D eigenvalue weighted by Gasteiger charge is 2.26. The molecule has 1 N–H and O–H groups in total. The average Bonchev–Trinajstić information content (AvgIpc) is 3.36. The minimum atomic E-state index is -0.415. The minimum Gasteiger partial charge on any atom is -0.469 e. The van der Waals surface area contributed by atoms with Crippen LogP contribution in [-0.2, 0) is 36.6 Å². The summed E-state index contributed by atoms with van der Waals surface area (Å²) in [5, 5.41) is 3.88. The maximum absolute atomic E-state index is 13.3. The van der Waals surface area contributed by atoms with E-state index in [0.717, 1.165) is 25.9 Å². The number of imidazole rings is 1. The summed E-state index contributed by atoms with van der Waals surface area (Å²) in [7, 11) is 4.49. The van der Waals surface area contributed by atoms with Gasteiger partial charge in [0.2, 0.25) is 5.95 Å². The van der Waals surface area contributed by atoms with Crippen LogP contribution in [0.2, 0.25) is 0 Å². The summed E-state index contributed by atoms with van der Waals surface area (Å²) < 4.78 is 10.1. The lowest BCUT2D eigenvalue weighted by Gasteiger charge is -2.36.